The highest BCUT2D eigenvalue weighted by Crippen LogP contribution is 2.35. The van der Waals surface area contributed by atoms with E-state index in [0.717, 1.165) is 32.7 Å². The van der Waals surface area contributed by atoms with Crippen molar-refractivity contribution in [2.45, 2.75) is 13.2 Å². The van der Waals surface area contributed by atoms with E-state index in [0.29, 0.717) is 0 Å². The van der Waals surface area contributed by atoms with Gasteiger partial charge >= 0.3 is 11.9 Å². The number of halogens is 4. The minimum Gasteiger partial charge on any atom is -0.494 e. The first kappa shape index (κ1) is 43.5. The molecule has 8 nitrogen and oxygen atoms in total. The number of carboxylic acid groups (broad SMARTS) is 1. The number of esters is 1. The van der Waals surface area contributed by atoms with Crippen LogP contribution in [0.15, 0.2) is 109 Å². The lowest BCUT2D eigenvalue weighted by Gasteiger charge is -2.12. The molecular formula is C40H37Cl4O8+. The molecule has 12 heteroatoms. The van der Waals surface area contributed by atoms with E-state index in [4.69, 9.17) is 75.9 Å². The van der Waals surface area contributed by atoms with Crippen LogP contribution in [0.1, 0.15) is 31.8 Å². The molecule has 1 aliphatic rings. The highest BCUT2D eigenvalue weighted by atomic mass is 35.5. The number of aliphatic hydroxyl groups excluding tert-OH is 2. The summed E-state index contributed by atoms with van der Waals surface area (Å²) in [6.45, 7) is 11.3. The maximum Gasteiger partial charge on any atom is 0.343 e. The summed E-state index contributed by atoms with van der Waals surface area (Å²) in [5, 5.41) is 29.3. The minimum absolute atomic E-state index is 0.0324. The van der Waals surface area contributed by atoms with Crippen LogP contribution in [0.4, 0.5) is 0 Å². The van der Waals surface area contributed by atoms with Crippen molar-refractivity contribution in [3.8, 4) is 11.5 Å². The lowest BCUT2D eigenvalue weighted by molar-refractivity contribution is 0.0468. The Hall–Kier alpha value is -4.67. The zero-order chi connectivity index (χ0) is 38.8. The van der Waals surface area contributed by atoms with Crippen LogP contribution in [-0.4, -0.2) is 48.1 Å². The van der Waals surface area contributed by atoms with Gasteiger partial charge in [0.25, 0.3) is 0 Å². The minimum atomic E-state index is -1.16. The molecule has 0 radical (unpaired) electrons. The fraction of sp³-hybridized carbons (Fsp3) is 0.125. The van der Waals surface area contributed by atoms with Crippen LogP contribution in [0.3, 0.4) is 0 Å². The molecule has 1 aliphatic carbocycles. The van der Waals surface area contributed by atoms with Crippen LogP contribution in [0.2, 0.25) is 20.1 Å². The van der Waals surface area contributed by atoms with Gasteiger partial charge in [0.2, 0.25) is 0 Å². The zero-order valence-corrected chi connectivity index (χ0v) is 31.4. The number of carboxylic acids is 1. The third-order valence-corrected chi connectivity index (χ3v) is 7.97. The first-order chi connectivity index (χ1) is 24.8. The summed E-state index contributed by atoms with van der Waals surface area (Å²) in [5.41, 5.74) is 3.48. The van der Waals surface area contributed by atoms with Crippen molar-refractivity contribution in [3.05, 3.63) is 168 Å². The number of ether oxygens (including phenoxy) is 3. The van der Waals surface area contributed by atoms with Gasteiger partial charge in [0.15, 0.2) is 11.5 Å². The normalized spacial score (nSPS) is 11.2. The van der Waals surface area contributed by atoms with E-state index >= 15 is 0 Å². The maximum absolute atomic E-state index is 12.2. The van der Waals surface area contributed by atoms with Gasteiger partial charge in [0.05, 0.1) is 52.1 Å². The molecule has 0 atom stereocenters. The van der Waals surface area contributed by atoms with Crippen LogP contribution in [-0.2, 0) is 18.0 Å². The molecule has 0 heterocycles. The molecule has 0 saturated carbocycles. The Labute approximate surface area is 322 Å². The van der Waals surface area contributed by atoms with Gasteiger partial charge in [0.1, 0.15) is 24.3 Å². The van der Waals surface area contributed by atoms with Crippen molar-refractivity contribution in [2.75, 3.05) is 20.8 Å². The molecule has 0 spiro atoms. The topological polar surface area (TPSA) is 123 Å². The second kappa shape index (κ2) is 22.3. The summed E-state index contributed by atoms with van der Waals surface area (Å²) in [6.07, 6.45) is 7.49. The third-order valence-electron chi connectivity index (χ3n) is 6.75. The number of rotatable bonds is 8. The summed E-state index contributed by atoms with van der Waals surface area (Å²) < 4.78 is 15.2. The second-order valence-electron chi connectivity index (χ2n) is 10.5. The number of hydrogen-bond donors (Lipinski definition) is 3. The van der Waals surface area contributed by atoms with Gasteiger partial charge in [-0.25, -0.2) is 9.59 Å². The molecule has 0 fully saturated rings. The molecule has 0 bridgehead atoms. The van der Waals surface area contributed by atoms with Gasteiger partial charge in [-0.05, 0) is 52.4 Å². The van der Waals surface area contributed by atoms with Crippen molar-refractivity contribution >= 4 is 71.5 Å². The quantitative estimate of drug-likeness (QED) is 0.121. The van der Waals surface area contributed by atoms with E-state index in [2.05, 4.69) is 19.7 Å². The molecule has 0 saturated heterocycles. The summed E-state index contributed by atoms with van der Waals surface area (Å²) >= 11 is 23.4. The van der Waals surface area contributed by atoms with Crippen molar-refractivity contribution in [3.63, 3.8) is 0 Å². The van der Waals surface area contributed by atoms with Gasteiger partial charge in [-0.1, -0.05) is 108 Å². The molecule has 4 aromatic rings. The van der Waals surface area contributed by atoms with Crippen molar-refractivity contribution < 1.29 is 39.1 Å². The number of aliphatic hydroxyl groups is 2. The highest BCUT2D eigenvalue weighted by Gasteiger charge is 2.21. The van der Waals surface area contributed by atoms with Crippen molar-refractivity contribution in [1.29, 1.82) is 0 Å². The van der Waals surface area contributed by atoms with Crippen LogP contribution in [0.25, 0.3) is 13.2 Å². The second-order valence-corrected chi connectivity index (χ2v) is 12.2. The molecule has 3 N–H and O–H groups in total. The van der Waals surface area contributed by atoms with Crippen LogP contribution < -0.4 is 19.9 Å². The number of allylic oxidation sites excluding steroid dienone is 3. The first-order valence-corrected chi connectivity index (χ1v) is 16.7. The Morgan fingerprint density at radius 2 is 1.12 bits per heavy atom. The third kappa shape index (κ3) is 13.8. The number of carbonyl (C=O) groups excluding carboxylic acids is 1. The molecule has 0 amide bonds. The lowest BCUT2D eigenvalue weighted by Crippen LogP contribution is -2.08. The largest absolute Gasteiger partial charge is 0.494 e. The van der Waals surface area contributed by atoms with Crippen LogP contribution >= 0.6 is 46.4 Å². The van der Waals surface area contributed by atoms with Crippen molar-refractivity contribution in [2.24, 2.45) is 0 Å². The van der Waals surface area contributed by atoms with E-state index in [-0.39, 0.29) is 62.5 Å². The number of aromatic carboxylic acids is 1. The van der Waals surface area contributed by atoms with Gasteiger partial charge in [-0.15, -0.1) is 0 Å². The van der Waals surface area contributed by atoms with E-state index < -0.39 is 11.9 Å². The monoisotopic (exact) mass is 785 g/mol. The molecule has 0 unspecified atom stereocenters. The average Bonchev–Trinajstić information content (AvgIpc) is 3.14. The predicted octanol–water partition coefficient (Wildman–Crippen LogP) is 8.29. The Morgan fingerprint density at radius 1 is 0.654 bits per heavy atom. The zero-order valence-electron chi connectivity index (χ0n) is 28.4. The Kier molecular flexibility index (Phi) is 18.7. The number of carbonyl (C=O) groups is 2. The van der Waals surface area contributed by atoms with E-state index in [1.165, 1.54) is 32.4 Å². The number of benzene rings is 4. The summed E-state index contributed by atoms with van der Waals surface area (Å²) in [5.74, 6) is -1.50. The molecule has 0 aromatic heterocycles. The van der Waals surface area contributed by atoms with Gasteiger partial charge in [-0.3, -0.25) is 0 Å². The summed E-state index contributed by atoms with van der Waals surface area (Å²) in [4.78, 5) is 22.9. The van der Waals surface area contributed by atoms with Gasteiger partial charge in [-0.2, -0.15) is 0 Å². The number of hydrogen-bond acceptors (Lipinski definition) is 7. The highest BCUT2D eigenvalue weighted by molar-refractivity contribution is 6.37. The van der Waals surface area contributed by atoms with Crippen LogP contribution in [0.5, 0.6) is 11.5 Å². The van der Waals surface area contributed by atoms with Gasteiger partial charge < -0.3 is 29.5 Å². The van der Waals surface area contributed by atoms with E-state index in [1.54, 1.807) is 30.3 Å². The molecule has 4 aromatic carbocycles. The Bertz CT molecular complexity index is 1960. The Balaban J connectivity index is 0.000000263. The molecule has 52 heavy (non-hydrogen) atoms. The fourth-order valence-electron chi connectivity index (χ4n) is 4.00. The van der Waals surface area contributed by atoms with Crippen molar-refractivity contribution in [1.82, 2.24) is 0 Å². The molecular weight excluding hydrogens is 750 g/mol. The fourth-order valence-corrected chi connectivity index (χ4v) is 4.93. The average molecular weight is 788 g/mol. The maximum atomic E-state index is 12.2. The molecule has 5 rings (SSSR count). The van der Waals surface area contributed by atoms with E-state index in [1.807, 2.05) is 48.9 Å². The standard InChI is InChI=1S/C16H14Cl2O4.C8H6Cl2O3.C8H9O.C8H8/c1-21-15-13(18)7-6-12(17)14(15)16(20)22-9-11-4-2-10(8-19)3-5-11;1-13-7-5(10)3-2-4(9)6(7)8(11)12;1-7-2-4-8(6-9)5-3-7;1-7-3-5-8(2)6-4-7/h2-7,19H,8-9H2,1H3;2-3H,1H3,(H,11,12);2-5,9H,1,6H2;3-6H,1-2H2/q;;+1;. The molecule has 272 valence electrons. The van der Waals surface area contributed by atoms with Crippen LogP contribution in [0, 0.1) is 6.42 Å². The smallest absolute Gasteiger partial charge is 0.343 e. The van der Waals surface area contributed by atoms with Gasteiger partial charge in [0, 0.05) is 24.6 Å². The number of methoxy groups -OCH3 is 2. The predicted molar refractivity (Wildman–Crippen MR) is 209 cm³/mol. The summed E-state index contributed by atoms with van der Waals surface area (Å²) in [6, 6.07) is 20.8. The SMILES string of the molecule is C=C1C=CC(CO)=C[CH+]1.C=c1ccc(=C)cc1.COc1c(Cl)ccc(Cl)c1C(=O)O.COc1c(Cl)ccc(Cl)c1C(=O)OCc1ccc(CO)cc1. The molecule has 0 aliphatic heterocycles. The Morgan fingerprint density at radius 3 is 1.52 bits per heavy atom. The lowest BCUT2D eigenvalue weighted by atomic mass is 10.0. The first-order valence-electron chi connectivity index (χ1n) is 15.1. The summed E-state index contributed by atoms with van der Waals surface area (Å²) in [7, 11) is 2.74. The van der Waals surface area contributed by atoms with E-state index in [9.17, 15) is 9.59 Å².